The summed E-state index contributed by atoms with van der Waals surface area (Å²) < 4.78 is 20.9. The molecule has 1 aliphatic rings. The molecule has 1 saturated heterocycles. The molecule has 0 bridgehead atoms. The molecule has 1 N–H and O–H groups in total. The predicted molar refractivity (Wildman–Crippen MR) is 119 cm³/mol. The number of rotatable bonds is 4. The van der Waals surface area contributed by atoms with Crippen LogP contribution >= 0.6 is 15.9 Å². The molecule has 4 rings (SSSR count). The van der Waals surface area contributed by atoms with E-state index in [0.29, 0.717) is 48.9 Å². The topological polar surface area (TPSA) is 54.5 Å². The average Bonchev–Trinajstić information content (AvgIpc) is 2.74. The molecule has 30 heavy (non-hydrogen) atoms. The summed E-state index contributed by atoms with van der Waals surface area (Å²) >= 11 is 3.46. The van der Waals surface area contributed by atoms with E-state index in [0.717, 1.165) is 15.7 Å². The standard InChI is InChI=1S/C23H21BrFN3O2/c1-15-19(6-7-21(26-15)16-3-2-4-17(24)13-16)23(29)27-18-5-8-22(20(25)14-18)28-9-11-30-12-10-28/h2-8,13-14H,9-12H2,1H3,(H,27,29). The van der Waals surface area contributed by atoms with Crippen LogP contribution in [0.2, 0.25) is 0 Å². The summed E-state index contributed by atoms with van der Waals surface area (Å²) in [4.78, 5) is 19.2. The Balaban J connectivity index is 1.50. The third-order valence-electron chi connectivity index (χ3n) is 5.01. The Hall–Kier alpha value is -2.77. The zero-order chi connectivity index (χ0) is 21.1. The quantitative estimate of drug-likeness (QED) is 0.580. The van der Waals surface area contributed by atoms with Crippen LogP contribution in [0.25, 0.3) is 11.3 Å². The number of amides is 1. The van der Waals surface area contributed by atoms with Gasteiger partial charge in [-0.1, -0.05) is 28.1 Å². The molecule has 0 spiro atoms. The van der Waals surface area contributed by atoms with E-state index in [4.69, 9.17) is 4.74 Å². The van der Waals surface area contributed by atoms with Crippen LogP contribution in [0, 0.1) is 12.7 Å². The van der Waals surface area contributed by atoms with Gasteiger partial charge in [0.1, 0.15) is 5.82 Å². The zero-order valence-electron chi connectivity index (χ0n) is 16.5. The molecule has 7 heteroatoms. The number of nitrogens with one attached hydrogen (secondary N) is 1. The summed E-state index contributed by atoms with van der Waals surface area (Å²) in [5.74, 6) is -0.686. The van der Waals surface area contributed by atoms with Crippen LogP contribution in [0.1, 0.15) is 16.1 Å². The normalized spacial score (nSPS) is 13.9. The molecule has 1 fully saturated rings. The van der Waals surface area contributed by atoms with Gasteiger partial charge in [-0.25, -0.2) is 4.39 Å². The molecular weight excluding hydrogens is 449 g/mol. The fourth-order valence-electron chi connectivity index (χ4n) is 3.45. The van der Waals surface area contributed by atoms with Crippen molar-refractivity contribution in [2.45, 2.75) is 6.92 Å². The van der Waals surface area contributed by atoms with Gasteiger partial charge in [0, 0.05) is 28.8 Å². The minimum Gasteiger partial charge on any atom is -0.378 e. The van der Waals surface area contributed by atoms with Crippen LogP contribution in [0.15, 0.2) is 59.1 Å². The summed E-state index contributed by atoms with van der Waals surface area (Å²) in [6.45, 7) is 4.26. The molecule has 0 unspecified atom stereocenters. The van der Waals surface area contributed by atoms with Gasteiger partial charge in [0.25, 0.3) is 5.91 Å². The highest BCUT2D eigenvalue weighted by Crippen LogP contribution is 2.25. The maximum Gasteiger partial charge on any atom is 0.257 e. The molecule has 3 aromatic rings. The van der Waals surface area contributed by atoms with E-state index in [-0.39, 0.29) is 11.7 Å². The van der Waals surface area contributed by atoms with E-state index < -0.39 is 0 Å². The number of pyridine rings is 1. The summed E-state index contributed by atoms with van der Waals surface area (Å²) in [6.07, 6.45) is 0. The number of aryl methyl sites for hydroxylation is 1. The van der Waals surface area contributed by atoms with Crippen molar-refractivity contribution in [3.63, 3.8) is 0 Å². The lowest BCUT2D eigenvalue weighted by Gasteiger charge is -2.29. The Bertz CT molecular complexity index is 1080. The van der Waals surface area contributed by atoms with Gasteiger partial charge in [0.15, 0.2) is 0 Å². The highest BCUT2D eigenvalue weighted by molar-refractivity contribution is 9.10. The molecular formula is C23H21BrFN3O2. The van der Waals surface area contributed by atoms with E-state index in [2.05, 4.69) is 26.2 Å². The molecule has 5 nitrogen and oxygen atoms in total. The highest BCUT2D eigenvalue weighted by atomic mass is 79.9. The fourth-order valence-corrected chi connectivity index (χ4v) is 3.85. The Morgan fingerprint density at radius 2 is 1.93 bits per heavy atom. The number of halogens is 2. The Morgan fingerprint density at radius 3 is 2.63 bits per heavy atom. The Labute approximate surface area is 183 Å². The van der Waals surface area contributed by atoms with E-state index in [1.54, 1.807) is 25.1 Å². The molecule has 1 aliphatic heterocycles. The van der Waals surface area contributed by atoms with Gasteiger partial charge in [0.05, 0.1) is 35.9 Å². The molecule has 2 heterocycles. The molecule has 1 amide bonds. The molecule has 2 aromatic carbocycles. The maximum absolute atomic E-state index is 14.6. The molecule has 0 atom stereocenters. The van der Waals surface area contributed by atoms with Crippen LogP contribution in [0.3, 0.4) is 0 Å². The third kappa shape index (κ3) is 4.52. The fraction of sp³-hybridized carbons (Fsp3) is 0.217. The SMILES string of the molecule is Cc1nc(-c2cccc(Br)c2)ccc1C(=O)Nc1ccc(N2CCOCC2)c(F)c1. The number of morpholine rings is 1. The lowest BCUT2D eigenvalue weighted by Crippen LogP contribution is -2.36. The van der Waals surface area contributed by atoms with Gasteiger partial charge in [-0.2, -0.15) is 0 Å². The highest BCUT2D eigenvalue weighted by Gasteiger charge is 2.17. The van der Waals surface area contributed by atoms with E-state index >= 15 is 0 Å². The van der Waals surface area contributed by atoms with Crippen LogP contribution < -0.4 is 10.2 Å². The number of anilines is 2. The van der Waals surface area contributed by atoms with Crippen molar-refractivity contribution < 1.29 is 13.9 Å². The molecule has 1 aromatic heterocycles. The van der Waals surface area contributed by atoms with Gasteiger partial charge in [0.2, 0.25) is 0 Å². The average molecular weight is 470 g/mol. The molecule has 154 valence electrons. The summed E-state index contributed by atoms with van der Waals surface area (Å²) in [7, 11) is 0. The van der Waals surface area contributed by atoms with Crippen molar-refractivity contribution in [3.8, 4) is 11.3 Å². The second-order valence-electron chi connectivity index (χ2n) is 7.06. The van der Waals surface area contributed by atoms with Crippen molar-refractivity contribution >= 4 is 33.2 Å². The molecule has 0 radical (unpaired) electrons. The third-order valence-corrected chi connectivity index (χ3v) is 5.50. The number of nitrogens with zero attached hydrogens (tertiary/aromatic N) is 2. The second kappa shape index (κ2) is 8.93. The Kier molecular flexibility index (Phi) is 6.11. The first-order chi connectivity index (χ1) is 14.5. The minimum absolute atomic E-state index is 0.320. The maximum atomic E-state index is 14.6. The van der Waals surface area contributed by atoms with E-state index in [1.165, 1.54) is 6.07 Å². The van der Waals surface area contributed by atoms with Crippen molar-refractivity contribution in [2.24, 2.45) is 0 Å². The Morgan fingerprint density at radius 1 is 1.13 bits per heavy atom. The van der Waals surface area contributed by atoms with E-state index in [1.807, 2.05) is 35.2 Å². The van der Waals surface area contributed by atoms with Crippen LogP contribution in [0.4, 0.5) is 15.8 Å². The summed E-state index contributed by atoms with van der Waals surface area (Å²) in [5.41, 5.74) is 3.73. The molecule has 0 saturated carbocycles. The number of carbonyl (C=O) groups excluding carboxylic acids is 1. The van der Waals surface area contributed by atoms with Gasteiger partial charge in [-0.3, -0.25) is 9.78 Å². The lowest BCUT2D eigenvalue weighted by molar-refractivity contribution is 0.102. The second-order valence-corrected chi connectivity index (χ2v) is 7.98. The number of hydrogen-bond acceptors (Lipinski definition) is 4. The molecule has 0 aliphatic carbocycles. The summed E-state index contributed by atoms with van der Waals surface area (Å²) in [6, 6.07) is 16.1. The van der Waals surface area contributed by atoms with Crippen LogP contribution in [-0.2, 0) is 4.74 Å². The first kappa shape index (κ1) is 20.5. The smallest absolute Gasteiger partial charge is 0.257 e. The van der Waals surface area contributed by atoms with Crippen molar-refractivity contribution in [3.05, 3.63) is 76.1 Å². The number of hydrogen-bond donors (Lipinski definition) is 1. The largest absolute Gasteiger partial charge is 0.378 e. The minimum atomic E-state index is -0.366. The zero-order valence-corrected chi connectivity index (χ0v) is 18.1. The number of benzene rings is 2. The van der Waals surface area contributed by atoms with Gasteiger partial charge in [-0.15, -0.1) is 0 Å². The van der Waals surface area contributed by atoms with Crippen molar-refractivity contribution in [2.75, 3.05) is 36.5 Å². The first-order valence-corrected chi connectivity index (χ1v) is 10.5. The van der Waals surface area contributed by atoms with Crippen molar-refractivity contribution in [1.82, 2.24) is 4.98 Å². The number of carbonyl (C=O) groups is 1. The van der Waals surface area contributed by atoms with Crippen LogP contribution in [0.5, 0.6) is 0 Å². The van der Waals surface area contributed by atoms with Crippen LogP contribution in [-0.4, -0.2) is 37.2 Å². The van der Waals surface area contributed by atoms with Gasteiger partial charge >= 0.3 is 0 Å². The number of aromatic nitrogens is 1. The number of ether oxygens (including phenoxy) is 1. The monoisotopic (exact) mass is 469 g/mol. The van der Waals surface area contributed by atoms with Gasteiger partial charge < -0.3 is 15.0 Å². The predicted octanol–water partition coefficient (Wildman–Crippen LogP) is 5.05. The first-order valence-electron chi connectivity index (χ1n) is 9.68. The van der Waals surface area contributed by atoms with Crippen molar-refractivity contribution in [1.29, 1.82) is 0 Å². The lowest BCUT2D eigenvalue weighted by atomic mass is 10.1. The van der Waals surface area contributed by atoms with E-state index in [9.17, 15) is 9.18 Å². The summed E-state index contributed by atoms with van der Waals surface area (Å²) in [5, 5.41) is 2.77. The van der Waals surface area contributed by atoms with Gasteiger partial charge in [-0.05, 0) is 49.4 Å².